The first kappa shape index (κ1) is 16.6. The molecular weight excluding hydrogens is 302 g/mol. The molecule has 6 heteroatoms. The van der Waals surface area contributed by atoms with E-state index in [-0.39, 0.29) is 5.56 Å². The van der Waals surface area contributed by atoms with Gasteiger partial charge in [-0.15, -0.1) is 0 Å². The van der Waals surface area contributed by atoms with Gasteiger partial charge in [-0.05, 0) is 44.5 Å². The van der Waals surface area contributed by atoms with Crippen molar-refractivity contribution in [2.24, 2.45) is 0 Å². The lowest BCUT2D eigenvalue weighted by Gasteiger charge is -2.36. The summed E-state index contributed by atoms with van der Waals surface area (Å²) in [6.45, 7) is 5.42. The van der Waals surface area contributed by atoms with Crippen LogP contribution in [0.5, 0.6) is 0 Å². The summed E-state index contributed by atoms with van der Waals surface area (Å²) in [6, 6.07) is 7.84. The summed E-state index contributed by atoms with van der Waals surface area (Å²) in [6.07, 6.45) is 7.28. The Balaban J connectivity index is 1.58. The minimum absolute atomic E-state index is 0.0240. The van der Waals surface area contributed by atoms with E-state index in [1.54, 1.807) is 29.2 Å². The van der Waals surface area contributed by atoms with Crippen molar-refractivity contribution >= 4 is 5.69 Å². The van der Waals surface area contributed by atoms with E-state index in [9.17, 15) is 4.79 Å². The number of piperidine rings is 1. The average molecular weight is 327 g/mol. The van der Waals surface area contributed by atoms with E-state index >= 15 is 0 Å². The zero-order valence-corrected chi connectivity index (χ0v) is 14.2. The largest absolute Gasteiger partial charge is 0.383 e. The molecule has 1 saturated heterocycles. The molecule has 128 valence electrons. The maximum atomic E-state index is 11.9. The number of nitrogens with zero attached hydrogens (tertiary/aromatic N) is 4. The number of hydrogen-bond acceptors (Lipinski definition) is 5. The number of rotatable bonds is 6. The first-order chi connectivity index (χ1) is 11.7. The molecule has 1 atom stereocenters. The Kier molecular flexibility index (Phi) is 5.59. The highest BCUT2D eigenvalue weighted by atomic mass is 16.1. The number of likely N-dealkylation sites (tertiary alicyclic amines) is 1. The molecule has 1 aliphatic heterocycles. The molecule has 3 rings (SSSR count). The van der Waals surface area contributed by atoms with E-state index in [2.05, 4.69) is 20.3 Å². The Hall–Kier alpha value is -2.21. The van der Waals surface area contributed by atoms with E-state index in [4.69, 9.17) is 0 Å². The third kappa shape index (κ3) is 4.41. The van der Waals surface area contributed by atoms with Crippen molar-refractivity contribution in [1.82, 2.24) is 19.7 Å². The SMILES string of the molecule is Cc1ccc(=O)n(CCN2CCCCC2CNc2ccncc2)n1. The molecule has 1 N–H and O–H groups in total. The second-order valence-corrected chi connectivity index (χ2v) is 6.34. The molecule has 0 radical (unpaired) electrons. The molecule has 1 fully saturated rings. The van der Waals surface area contributed by atoms with Crippen molar-refractivity contribution in [3.8, 4) is 0 Å². The second kappa shape index (κ2) is 8.06. The van der Waals surface area contributed by atoms with Crippen LogP contribution in [0.15, 0.2) is 41.5 Å². The standard InChI is InChI=1S/C18H25N5O/c1-15-5-6-18(24)23(21-15)13-12-22-11-3-2-4-17(22)14-20-16-7-9-19-10-8-16/h5-10,17H,2-4,11-14H2,1H3,(H,19,20). The van der Waals surface area contributed by atoms with Gasteiger partial charge >= 0.3 is 0 Å². The molecule has 2 aromatic rings. The number of aryl methyl sites for hydroxylation is 1. The molecular formula is C18H25N5O. The first-order valence-electron chi connectivity index (χ1n) is 8.65. The number of aromatic nitrogens is 3. The molecule has 1 unspecified atom stereocenters. The minimum Gasteiger partial charge on any atom is -0.383 e. The Morgan fingerprint density at radius 2 is 2.00 bits per heavy atom. The molecule has 0 amide bonds. The number of pyridine rings is 1. The van der Waals surface area contributed by atoms with Gasteiger partial charge in [-0.3, -0.25) is 14.7 Å². The van der Waals surface area contributed by atoms with Crippen LogP contribution in [-0.2, 0) is 6.54 Å². The number of nitrogens with one attached hydrogen (secondary N) is 1. The molecule has 24 heavy (non-hydrogen) atoms. The summed E-state index contributed by atoms with van der Waals surface area (Å²) < 4.78 is 1.58. The summed E-state index contributed by atoms with van der Waals surface area (Å²) in [5.74, 6) is 0. The lowest BCUT2D eigenvalue weighted by molar-refractivity contribution is 0.148. The Morgan fingerprint density at radius 3 is 2.83 bits per heavy atom. The maximum absolute atomic E-state index is 11.9. The molecule has 1 aliphatic rings. The van der Waals surface area contributed by atoms with Gasteiger partial charge < -0.3 is 5.32 Å². The zero-order chi connectivity index (χ0) is 16.8. The van der Waals surface area contributed by atoms with Crippen molar-refractivity contribution in [3.63, 3.8) is 0 Å². The lowest BCUT2D eigenvalue weighted by Crippen LogP contribution is -2.45. The van der Waals surface area contributed by atoms with Gasteiger partial charge in [0.05, 0.1) is 12.2 Å². The van der Waals surface area contributed by atoms with Gasteiger partial charge in [0.25, 0.3) is 5.56 Å². The van der Waals surface area contributed by atoms with Crippen molar-refractivity contribution < 1.29 is 0 Å². The maximum Gasteiger partial charge on any atom is 0.266 e. The molecule has 0 bridgehead atoms. The van der Waals surface area contributed by atoms with Gasteiger partial charge in [0.1, 0.15) is 0 Å². The summed E-state index contributed by atoms with van der Waals surface area (Å²) in [5.41, 5.74) is 1.96. The van der Waals surface area contributed by atoms with Crippen LogP contribution >= 0.6 is 0 Å². The molecule has 0 aliphatic carbocycles. The second-order valence-electron chi connectivity index (χ2n) is 6.34. The van der Waals surface area contributed by atoms with Crippen LogP contribution in [0, 0.1) is 6.92 Å². The van der Waals surface area contributed by atoms with Gasteiger partial charge in [-0.25, -0.2) is 4.68 Å². The number of hydrogen-bond donors (Lipinski definition) is 1. The van der Waals surface area contributed by atoms with Gasteiger partial charge in [-0.1, -0.05) is 6.42 Å². The van der Waals surface area contributed by atoms with E-state index in [1.165, 1.54) is 19.3 Å². The predicted molar refractivity (Wildman–Crippen MR) is 95.2 cm³/mol. The van der Waals surface area contributed by atoms with Crippen LogP contribution in [0.2, 0.25) is 0 Å². The normalized spacial score (nSPS) is 18.5. The van der Waals surface area contributed by atoms with Crippen molar-refractivity contribution in [3.05, 3.63) is 52.7 Å². The van der Waals surface area contributed by atoms with E-state index < -0.39 is 0 Å². The van der Waals surface area contributed by atoms with Crippen molar-refractivity contribution in [2.75, 3.05) is 25.0 Å². The van der Waals surface area contributed by atoms with Gasteiger partial charge in [0.2, 0.25) is 0 Å². The Morgan fingerprint density at radius 1 is 1.17 bits per heavy atom. The molecule has 0 aromatic carbocycles. The molecule has 0 saturated carbocycles. The van der Waals surface area contributed by atoms with Crippen molar-refractivity contribution in [2.45, 2.75) is 38.8 Å². The number of anilines is 1. The van der Waals surface area contributed by atoms with Crippen LogP contribution < -0.4 is 10.9 Å². The van der Waals surface area contributed by atoms with Crippen LogP contribution in [0.25, 0.3) is 0 Å². The fourth-order valence-electron chi connectivity index (χ4n) is 3.23. The average Bonchev–Trinajstić information content (AvgIpc) is 2.62. The van der Waals surface area contributed by atoms with Gasteiger partial charge in [0, 0.05) is 43.3 Å². The topological polar surface area (TPSA) is 63.1 Å². The van der Waals surface area contributed by atoms with E-state index in [1.807, 2.05) is 19.1 Å². The highest BCUT2D eigenvalue weighted by Gasteiger charge is 2.22. The van der Waals surface area contributed by atoms with Gasteiger partial charge in [-0.2, -0.15) is 5.10 Å². The van der Waals surface area contributed by atoms with E-state index in [0.717, 1.165) is 31.0 Å². The highest BCUT2D eigenvalue weighted by molar-refractivity contribution is 5.40. The molecule has 3 heterocycles. The third-order valence-electron chi connectivity index (χ3n) is 4.57. The smallest absolute Gasteiger partial charge is 0.266 e. The van der Waals surface area contributed by atoms with Crippen LogP contribution in [0.4, 0.5) is 5.69 Å². The van der Waals surface area contributed by atoms with Gasteiger partial charge in [0.15, 0.2) is 0 Å². The summed E-state index contributed by atoms with van der Waals surface area (Å²) in [4.78, 5) is 18.4. The summed E-state index contributed by atoms with van der Waals surface area (Å²) in [7, 11) is 0. The molecule has 2 aromatic heterocycles. The minimum atomic E-state index is -0.0240. The predicted octanol–water partition coefficient (Wildman–Crippen LogP) is 1.91. The fraction of sp³-hybridized carbons (Fsp3) is 0.500. The fourth-order valence-corrected chi connectivity index (χ4v) is 3.23. The monoisotopic (exact) mass is 327 g/mol. The van der Waals surface area contributed by atoms with E-state index in [0.29, 0.717) is 12.6 Å². The molecule has 0 spiro atoms. The quantitative estimate of drug-likeness (QED) is 0.878. The lowest BCUT2D eigenvalue weighted by atomic mass is 10.0. The third-order valence-corrected chi connectivity index (χ3v) is 4.57. The van der Waals surface area contributed by atoms with Crippen LogP contribution in [0.1, 0.15) is 25.0 Å². The summed E-state index contributed by atoms with van der Waals surface area (Å²) >= 11 is 0. The zero-order valence-electron chi connectivity index (χ0n) is 14.2. The van der Waals surface area contributed by atoms with Crippen molar-refractivity contribution in [1.29, 1.82) is 0 Å². The van der Waals surface area contributed by atoms with Crippen LogP contribution in [0.3, 0.4) is 0 Å². The highest BCUT2D eigenvalue weighted by Crippen LogP contribution is 2.17. The summed E-state index contributed by atoms with van der Waals surface area (Å²) in [5, 5.41) is 7.83. The Labute approximate surface area is 142 Å². The first-order valence-corrected chi connectivity index (χ1v) is 8.65. The Bertz CT molecular complexity index is 700. The molecule has 6 nitrogen and oxygen atoms in total. The van der Waals surface area contributed by atoms with Crippen LogP contribution in [-0.4, -0.2) is 45.3 Å².